The largest absolute Gasteiger partial charge is 0.573 e. The van der Waals surface area contributed by atoms with E-state index < -0.39 is 37.5 Å². The van der Waals surface area contributed by atoms with Gasteiger partial charge in [0.1, 0.15) is 0 Å². The molecular weight excluding hydrogens is 303 g/mol. The first-order valence-corrected chi connectivity index (χ1v) is 6.37. The molecule has 0 aliphatic rings. The van der Waals surface area contributed by atoms with Gasteiger partial charge in [-0.3, -0.25) is 9.78 Å². The highest BCUT2D eigenvalue weighted by molar-refractivity contribution is 8.13. The standard InChI is InChI=1S/C7H5ClF3NO5S/c1-16-4-2-3(17-7(9,10)11)5(6(13)12-4)18(8,14)15/h2H,1H3,(H,12,13). The van der Waals surface area contributed by atoms with E-state index in [0.717, 1.165) is 7.11 Å². The number of H-pyrrole nitrogens is 1. The molecule has 1 N–H and O–H groups in total. The van der Waals surface area contributed by atoms with Crippen LogP contribution in [0.25, 0.3) is 0 Å². The van der Waals surface area contributed by atoms with Gasteiger partial charge < -0.3 is 9.47 Å². The molecule has 0 radical (unpaired) electrons. The highest BCUT2D eigenvalue weighted by Gasteiger charge is 2.35. The fourth-order valence-corrected chi connectivity index (χ4v) is 2.09. The van der Waals surface area contributed by atoms with Gasteiger partial charge in [0.05, 0.1) is 7.11 Å². The third-order valence-electron chi connectivity index (χ3n) is 1.62. The van der Waals surface area contributed by atoms with Crippen LogP contribution in [0.15, 0.2) is 15.8 Å². The van der Waals surface area contributed by atoms with Crippen LogP contribution in [0.4, 0.5) is 13.2 Å². The molecule has 6 nitrogen and oxygen atoms in total. The number of aromatic amines is 1. The Morgan fingerprint density at radius 1 is 1.39 bits per heavy atom. The average molecular weight is 308 g/mol. The van der Waals surface area contributed by atoms with Crippen molar-refractivity contribution in [2.75, 3.05) is 7.11 Å². The number of hydrogen-bond acceptors (Lipinski definition) is 5. The van der Waals surface area contributed by atoms with E-state index in [1.807, 2.05) is 4.98 Å². The minimum Gasteiger partial charge on any atom is -0.482 e. The topological polar surface area (TPSA) is 85.5 Å². The van der Waals surface area contributed by atoms with Gasteiger partial charge in [0.25, 0.3) is 14.6 Å². The Balaban J connectivity index is 3.55. The molecule has 0 saturated carbocycles. The van der Waals surface area contributed by atoms with Gasteiger partial charge in [0.2, 0.25) is 0 Å². The summed E-state index contributed by atoms with van der Waals surface area (Å²) in [6, 6.07) is 0.546. The number of pyridine rings is 1. The van der Waals surface area contributed by atoms with Gasteiger partial charge in [-0.2, -0.15) is 0 Å². The second-order valence-electron chi connectivity index (χ2n) is 2.85. The van der Waals surface area contributed by atoms with Crippen molar-refractivity contribution in [1.29, 1.82) is 0 Å². The Morgan fingerprint density at radius 3 is 2.33 bits per heavy atom. The Morgan fingerprint density at radius 2 is 1.94 bits per heavy atom. The first-order chi connectivity index (χ1) is 8.04. The van der Waals surface area contributed by atoms with Crippen molar-refractivity contribution >= 4 is 19.7 Å². The third-order valence-corrected chi connectivity index (χ3v) is 2.96. The number of alkyl halides is 3. The molecule has 18 heavy (non-hydrogen) atoms. The lowest BCUT2D eigenvalue weighted by Gasteiger charge is -2.11. The predicted octanol–water partition coefficient (Wildman–Crippen LogP) is 1.21. The smallest absolute Gasteiger partial charge is 0.482 e. The molecule has 0 amide bonds. The highest BCUT2D eigenvalue weighted by Crippen LogP contribution is 2.30. The fourth-order valence-electron chi connectivity index (χ4n) is 1.04. The van der Waals surface area contributed by atoms with E-state index in [9.17, 15) is 26.4 Å². The first kappa shape index (κ1) is 14.6. The van der Waals surface area contributed by atoms with Crippen molar-refractivity contribution in [2.45, 2.75) is 11.3 Å². The molecule has 0 aromatic carbocycles. The maximum atomic E-state index is 12.1. The average Bonchev–Trinajstić information content (AvgIpc) is 2.11. The van der Waals surface area contributed by atoms with Gasteiger partial charge in [-0.15, -0.1) is 13.2 Å². The molecule has 0 atom stereocenters. The van der Waals surface area contributed by atoms with Crippen molar-refractivity contribution in [3.8, 4) is 11.6 Å². The summed E-state index contributed by atoms with van der Waals surface area (Å²) in [7, 11) is 1.20. The van der Waals surface area contributed by atoms with Crippen LogP contribution in [0.3, 0.4) is 0 Å². The van der Waals surface area contributed by atoms with Gasteiger partial charge in [-0.1, -0.05) is 0 Å². The molecule has 0 saturated heterocycles. The van der Waals surface area contributed by atoms with E-state index in [1.165, 1.54) is 0 Å². The summed E-state index contributed by atoms with van der Waals surface area (Å²) < 4.78 is 66.1. The number of rotatable bonds is 3. The van der Waals surface area contributed by atoms with E-state index in [0.29, 0.717) is 6.07 Å². The summed E-state index contributed by atoms with van der Waals surface area (Å²) >= 11 is 0. The maximum Gasteiger partial charge on any atom is 0.573 e. The van der Waals surface area contributed by atoms with E-state index in [2.05, 4.69) is 9.47 Å². The van der Waals surface area contributed by atoms with Gasteiger partial charge in [-0.25, -0.2) is 8.42 Å². The van der Waals surface area contributed by atoms with Crippen molar-refractivity contribution in [3.63, 3.8) is 0 Å². The zero-order chi connectivity index (χ0) is 14.1. The van der Waals surface area contributed by atoms with E-state index in [-0.39, 0.29) is 0 Å². The van der Waals surface area contributed by atoms with E-state index >= 15 is 0 Å². The second-order valence-corrected chi connectivity index (χ2v) is 5.35. The molecule has 0 aliphatic carbocycles. The molecule has 0 aliphatic heterocycles. The normalized spacial score (nSPS) is 12.3. The van der Waals surface area contributed by atoms with Crippen molar-refractivity contribution in [3.05, 3.63) is 16.4 Å². The molecule has 102 valence electrons. The Labute approximate surface area is 103 Å². The fraction of sp³-hybridized carbons (Fsp3) is 0.286. The van der Waals surface area contributed by atoms with Crippen LogP contribution in [-0.4, -0.2) is 26.9 Å². The molecule has 0 spiro atoms. The van der Waals surface area contributed by atoms with Crippen LogP contribution in [0.2, 0.25) is 0 Å². The Kier molecular flexibility index (Phi) is 3.81. The number of ether oxygens (including phenoxy) is 2. The highest BCUT2D eigenvalue weighted by atomic mass is 35.7. The SMILES string of the molecule is COc1cc(OC(F)(F)F)c(S(=O)(=O)Cl)c(=O)[nH]1. The molecule has 0 unspecified atom stereocenters. The Bertz CT molecular complexity index is 608. The van der Waals surface area contributed by atoms with Crippen molar-refractivity contribution in [2.24, 2.45) is 0 Å². The molecule has 0 fully saturated rings. The van der Waals surface area contributed by atoms with Gasteiger partial charge in [0.15, 0.2) is 16.5 Å². The van der Waals surface area contributed by atoms with Crippen LogP contribution in [0, 0.1) is 0 Å². The summed E-state index contributed by atoms with van der Waals surface area (Å²) in [6.07, 6.45) is -5.19. The molecule has 1 aromatic rings. The van der Waals surface area contributed by atoms with Crippen LogP contribution in [0.5, 0.6) is 11.6 Å². The lowest BCUT2D eigenvalue weighted by molar-refractivity contribution is -0.275. The summed E-state index contributed by atoms with van der Waals surface area (Å²) in [6.45, 7) is 0. The Hall–Kier alpha value is -1.42. The number of aromatic nitrogens is 1. The lowest BCUT2D eigenvalue weighted by Crippen LogP contribution is -2.23. The molecular formula is C7H5ClF3NO5S. The minimum atomic E-state index is -5.19. The van der Waals surface area contributed by atoms with Crippen LogP contribution < -0.4 is 15.0 Å². The molecule has 1 aromatic heterocycles. The maximum absolute atomic E-state index is 12.1. The number of methoxy groups -OCH3 is 1. The zero-order valence-corrected chi connectivity index (χ0v) is 10.1. The van der Waals surface area contributed by atoms with Crippen LogP contribution in [0.1, 0.15) is 0 Å². The molecule has 0 bridgehead atoms. The van der Waals surface area contributed by atoms with Crippen LogP contribution in [-0.2, 0) is 9.05 Å². The van der Waals surface area contributed by atoms with E-state index in [4.69, 9.17) is 10.7 Å². The number of nitrogens with one attached hydrogen (secondary N) is 1. The quantitative estimate of drug-likeness (QED) is 0.848. The monoisotopic (exact) mass is 307 g/mol. The molecule has 1 heterocycles. The second kappa shape index (κ2) is 4.69. The van der Waals surface area contributed by atoms with E-state index in [1.54, 1.807) is 0 Å². The first-order valence-electron chi connectivity index (χ1n) is 4.06. The summed E-state index contributed by atoms with van der Waals surface area (Å²) in [5.74, 6) is -1.68. The summed E-state index contributed by atoms with van der Waals surface area (Å²) in [5, 5.41) is 0. The predicted molar refractivity (Wildman–Crippen MR) is 53.3 cm³/mol. The molecule has 11 heteroatoms. The van der Waals surface area contributed by atoms with Crippen LogP contribution >= 0.6 is 10.7 Å². The lowest BCUT2D eigenvalue weighted by atomic mass is 10.4. The van der Waals surface area contributed by atoms with Gasteiger partial charge in [0, 0.05) is 16.7 Å². The number of halogens is 4. The zero-order valence-electron chi connectivity index (χ0n) is 8.54. The van der Waals surface area contributed by atoms with Crippen molar-refractivity contribution in [1.82, 2.24) is 4.98 Å². The molecule has 1 rings (SSSR count). The van der Waals surface area contributed by atoms with Gasteiger partial charge >= 0.3 is 6.36 Å². The summed E-state index contributed by atoms with van der Waals surface area (Å²) in [5.41, 5.74) is -1.39. The van der Waals surface area contributed by atoms with Gasteiger partial charge in [-0.05, 0) is 0 Å². The minimum absolute atomic E-state index is 0.414. The van der Waals surface area contributed by atoms with Crippen molar-refractivity contribution < 1.29 is 31.1 Å². The third kappa shape index (κ3) is 3.53. The summed E-state index contributed by atoms with van der Waals surface area (Å²) in [4.78, 5) is 11.8. The number of hydrogen-bond donors (Lipinski definition) is 1.